The molecule has 0 N–H and O–H groups in total. The lowest BCUT2D eigenvalue weighted by molar-refractivity contribution is 0.504. The minimum atomic E-state index is 1.50. The van der Waals surface area contributed by atoms with Crippen LogP contribution < -0.4 is 0 Å². The van der Waals surface area contributed by atoms with Gasteiger partial charge in [0.2, 0.25) is 0 Å². The fraction of sp³-hybridized carbons (Fsp3) is 1.00. The minimum absolute atomic E-state index is 1.50. The summed E-state index contributed by atoms with van der Waals surface area (Å²) in [5, 5.41) is 0. The van der Waals surface area contributed by atoms with Crippen LogP contribution >= 0.6 is 23.3 Å². The maximum absolute atomic E-state index is 3.22. The van der Waals surface area contributed by atoms with Gasteiger partial charge in [-0.15, -0.1) is 23.3 Å². The first-order valence-electron chi connectivity index (χ1n) is 6.20. The van der Waals surface area contributed by atoms with Gasteiger partial charge in [-0.2, -0.15) is 0 Å². The van der Waals surface area contributed by atoms with E-state index in [1.54, 1.807) is 0 Å². The first-order valence-corrected chi connectivity index (χ1v) is 7.80. The van der Waals surface area contributed by atoms with Crippen molar-refractivity contribution < 1.29 is 0 Å². The van der Waals surface area contributed by atoms with Crippen LogP contribution in [0.5, 0.6) is 0 Å². The molecular formula is C12H26S2. The summed E-state index contributed by atoms with van der Waals surface area (Å²) in [5.41, 5.74) is 0. The topological polar surface area (TPSA) is 0 Å². The Bertz CT molecular complexity index is 51.3. The molecule has 1 rings (SSSR count). The molecule has 1 saturated carbocycles. The van der Waals surface area contributed by atoms with Crippen LogP contribution in [0.3, 0.4) is 0 Å². The molecule has 0 aliphatic heterocycles. The zero-order valence-electron chi connectivity index (χ0n) is 9.38. The average Bonchev–Trinajstić information content (AvgIpc) is 2.22. The number of hydrogen-bond donors (Lipinski definition) is 2. The Morgan fingerprint density at radius 2 is 0.357 bits per heavy atom. The van der Waals surface area contributed by atoms with Crippen molar-refractivity contribution in [2.45, 2.75) is 77.0 Å². The van der Waals surface area contributed by atoms with E-state index in [1.807, 2.05) is 0 Å². The molecule has 2 heteroatoms. The highest BCUT2D eigenvalue weighted by molar-refractivity contribution is 8.59. The predicted molar refractivity (Wildman–Crippen MR) is 73.4 cm³/mol. The number of thiol groups is 2. The summed E-state index contributed by atoms with van der Waals surface area (Å²) in [7, 11) is 0. The molecule has 0 saturated heterocycles. The zero-order valence-corrected chi connectivity index (χ0v) is 11.2. The van der Waals surface area contributed by atoms with Gasteiger partial charge in [0.05, 0.1) is 0 Å². The van der Waals surface area contributed by atoms with Gasteiger partial charge < -0.3 is 0 Å². The SMILES string of the molecule is C1CCCCCCCCCCC1.SS. The van der Waals surface area contributed by atoms with E-state index in [4.69, 9.17) is 0 Å². The van der Waals surface area contributed by atoms with Gasteiger partial charge >= 0.3 is 0 Å². The molecule has 0 aromatic rings. The van der Waals surface area contributed by atoms with Crippen LogP contribution in [0.4, 0.5) is 0 Å². The van der Waals surface area contributed by atoms with Gasteiger partial charge in [0, 0.05) is 0 Å². The first kappa shape index (κ1) is 14.7. The third kappa shape index (κ3) is 10.8. The maximum Gasteiger partial charge on any atom is -0.0533 e. The summed E-state index contributed by atoms with van der Waals surface area (Å²) in [6.45, 7) is 0. The highest BCUT2D eigenvalue weighted by atomic mass is 33.1. The fourth-order valence-corrected chi connectivity index (χ4v) is 2.12. The summed E-state index contributed by atoms with van der Waals surface area (Å²) in [6.07, 6.45) is 18.0. The summed E-state index contributed by atoms with van der Waals surface area (Å²) in [6, 6.07) is 0. The van der Waals surface area contributed by atoms with Crippen molar-refractivity contribution in [3.05, 3.63) is 0 Å². The average molecular weight is 234 g/mol. The molecule has 0 bridgehead atoms. The first-order chi connectivity index (χ1) is 7.00. The van der Waals surface area contributed by atoms with E-state index in [9.17, 15) is 0 Å². The van der Waals surface area contributed by atoms with Crippen LogP contribution in [0, 0.1) is 0 Å². The second kappa shape index (κ2) is 13.7. The molecule has 0 amide bonds. The van der Waals surface area contributed by atoms with Crippen molar-refractivity contribution >= 4 is 23.3 Å². The Hall–Kier alpha value is 0.700. The van der Waals surface area contributed by atoms with Crippen LogP contribution in [0.1, 0.15) is 77.0 Å². The van der Waals surface area contributed by atoms with Crippen molar-refractivity contribution in [2.75, 3.05) is 0 Å². The van der Waals surface area contributed by atoms with Crippen molar-refractivity contribution in [2.24, 2.45) is 0 Å². The molecule has 14 heavy (non-hydrogen) atoms. The largest absolute Gasteiger partial charge is 0.115 e. The molecule has 1 aliphatic rings. The Morgan fingerprint density at radius 3 is 0.429 bits per heavy atom. The highest BCUT2D eigenvalue weighted by Gasteiger charge is 1.96. The van der Waals surface area contributed by atoms with Crippen molar-refractivity contribution in [1.82, 2.24) is 0 Å². The third-order valence-electron chi connectivity index (χ3n) is 3.00. The fourth-order valence-electron chi connectivity index (χ4n) is 2.12. The molecule has 0 atom stereocenters. The normalized spacial score (nSPS) is 21.0. The van der Waals surface area contributed by atoms with Crippen molar-refractivity contribution in [3.8, 4) is 0 Å². The third-order valence-corrected chi connectivity index (χ3v) is 3.00. The smallest absolute Gasteiger partial charge is 0.0533 e. The van der Waals surface area contributed by atoms with Crippen LogP contribution in [0.15, 0.2) is 0 Å². The van der Waals surface area contributed by atoms with E-state index in [-0.39, 0.29) is 0 Å². The summed E-state index contributed by atoms with van der Waals surface area (Å²) >= 11 is 6.44. The van der Waals surface area contributed by atoms with Crippen molar-refractivity contribution in [1.29, 1.82) is 0 Å². The second-order valence-corrected chi connectivity index (χ2v) is 4.24. The van der Waals surface area contributed by atoms with Gasteiger partial charge in [0.1, 0.15) is 0 Å². The second-order valence-electron chi connectivity index (χ2n) is 4.24. The Balaban J connectivity index is 0.000000791. The van der Waals surface area contributed by atoms with E-state index >= 15 is 0 Å². The lowest BCUT2D eigenvalue weighted by Crippen LogP contribution is -1.85. The number of rotatable bonds is 0. The molecule has 1 aliphatic carbocycles. The Morgan fingerprint density at radius 1 is 0.286 bits per heavy atom. The van der Waals surface area contributed by atoms with Crippen LogP contribution in [-0.2, 0) is 0 Å². The lowest BCUT2D eigenvalue weighted by Gasteiger charge is -2.05. The molecule has 86 valence electrons. The standard InChI is InChI=1S/C12H24.H2S2/c1-2-4-6-8-10-12-11-9-7-5-3-1;1-2/h1-12H2;1-2H. The van der Waals surface area contributed by atoms with E-state index < -0.39 is 0 Å². The summed E-state index contributed by atoms with van der Waals surface area (Å²) in [4.78, 5) is 0. The predicted octanol–water partition coefficient (Wildman–Crippen LogP) is 5.44. The van der Waals surface area contributed by atoms with Gasteiger partial charge in [-0.1, -0.05) is 77.0 Å². The molecule has 0 heterocycles. The molecule has 0 radical (unpaired) electrons. The highest BCUT2D eigenvalue weighted by Crippen LogP contribution is 2.15. The maximum atomic E-state index is 3.22. The molecule has 0 unspecified atom stereocenters. The van der Waals surface area contributed by atoms with Gasteiger partial charge in [-0.3, -0.25) is 0 Å². The molecule has 0 nitrogen and oxygen atoms in total. The zero-order chi connectivity index (χ0) is 10.5. The summed E-state index contributed by atoms with van der Waals surface area (Å²) in [5.74, 6) is 0. The molecular weight excluding hydrogens is 208 g/mol. The van der Waals surface area contributed by atoms with E-state index in [2.05, 4.69) is 23.3 Å². The van der Waals surface area contributed by atoms with Crippen LogP contribution in [0.25, 0.3) is 0 Å². The Kier molecular flexibility index (Phi) is 14.4. The van der Waals surface area contributed by atoms with Gasteiger partial charge in [-0.25, -0.2) is 0 Å². The number of hydrogen-bond acceptors (Lipinski definition) is 2. The van der Waals surface area contributed by atoms with Crippen molar-refractivity contribution in [3.63, 3.8) is 0 Å². The van der Waals surface area contributed by atoms with E-state index in [1.165, 1.54) is 77.0 Å². The minimum Gasteiger partial charge on any atom is -0.115 e. The molecule has 1 fully saturated rings. The quantitative estimate of drug-likeness (QED) is 0.404. The van der Waals surface area contributed by atoms with E-state index in [0.717, 1.165) is 0 Å². The van der Waals surface area contributed by atoms with Crippen LogP contribution in [0.2, 0.25) is 0 Å². The lowest BCUT2D eigenvalue weighted by atomic mass is 10.0. The monoisotopic (exact) mass is 234 g/mol. The van der Waals surface area contributed by atoms with E-state index in [0.29, 0.717) is 0 Å². The van der Waals surface area contributed by atoms with Gasteiger partial charge in [0.15, 0.2) is 0 Å². The summed E-state index contributed by atoms with van der Waals surface area (Å²) < 4.78 is 0. The molecule has 0 aromatic heterocycles. The molecule has 0 spiro atoms. The Labute approximate surface area is 100 Å². The van der Waals surface area contributed by atoms with Crippen LogP contribution in [-0.4, -0.2) is 0 Å². The molecule has 0 aromatic carbocycles. The van der Waals surface area contributed by atoms with Gasteiger partial charge in [-0.05, 0) is 0 Å². The van der Waals surface area contributed by atoms with Gasteiger partial charge in [0.25, 0.3) is 0 Å².